The predicted octanol–water partition coefficient (Wildman–Crippen LogP) is 12.4. The number of hydrogen-bond donors (Lipinski definition) is 0. The first-order chi connectivity index (χ1) is 26.2. The zero-order chi connectivity index (χ0) is 35.7. The highest BCUT2D eigenvalue weighted by Crippen LogP contribution is 2.37. The van der Waals surface area contributed by atoms with E-state index in [1.165, 1.54) is 16.5 Å². The van der Waals surface area contributed by atoms with Crippen LogP contribution in [0.2, 0.25) is 0 Å². The highest BCUT2D eigenvalue weighted by atomic mass is 32.1. The molecular formula is C47H33N5S. The minimum Gasteiger partial charge on any atom is -0.309 e. The summed E-state index contributed by atoms with van der Waals surface area (Å²) in [6.45, 7) is 6.30. The summed E-state index contributed by atoms with van der Waals surface area (Å²) in [5, 5.41) is 2.13. The minimum absolute atomic E-state index is 0.611. The summed E-state index contributed by atoms with van der Waals surface area (Å²) >= 11 is 1.68. The molecule has 0 N–H and O–H groups in total. The Kier molecular flexibility index (Phi) is 8.35. The van der Waals surface area contributed by atoms with Crippen molar-refractivity contribution < 1.29 is 0 Å². The molecule has 0 spiro atoms. The van der Waals surface area contributed by atoms with Crippen molar-refractivity contribution in [3.8, 4) is 61.5 Å². The largest absolute Gasteiger partial charge is 0.309 e. The van der Waals surface area contributed by atoms with Gasteiger partial charge in [-0.05, 0) is 66.6 Å². The quantitative estimate of drug-likeness (QED) is 0.158. The minimum atomic E-state index is 0.611. The Morgan fingerprint density at radius 1 is 0.547 bits per heavy atom. The maximum absolute atomic E-state index is 5.16. The van der Waals surface area contributed by atoms with Crippen LogP contribution in [0.4, 0.5) is 0 Å². The van der Waals surface area contributed by atoms with Crippen molar-refractivity contribution in [3.63, 3.8) is 0 Å². The molecule has 0 aliphatic rings. The van der Waals surface area contributed by atoms with Gasteiger partial charge in [-0.2, -0.15) is 0 Å². The molecule has 0 bridgehead atoms. The summed E-state index contributed by atoms with van der Waals surface area (Å²) in [4.78, 5) is 19.9. The van der Waals surface area contributed by atoms with E-state index in [-0.39, 0.29) is 0 Å². The average Bonchev–Trinajstić information content (AvgIpc) is 3.80. The van der Waals surface area contributed by atoms with E-state index in [1.54, 1.807) is 11.3 Å². The van der Waals surface area contributed by atoms with Gasteiger partial charge in [0.25, 0.3) is 0 Å². The summed E-state index contributed by atoms with van der Waals surface area (Å²) < 4.78 is 3.40. The smallest absolute Gasteiger partial charge is 0.164 e. The van der Waals surface area contributed by atoms with Gasteiger partial charge in [-0.15, -0.1) is 11.3 Å². The van der Waals surface area contributed by atoms with Gasteiger partial charge in [-0.3, -0.25) is 0 Å². The van der Waals surface area contributed by atoms with Crippen LogP contribution in [0.5, 0.6) is 0 Å². The molecule has 0 aliphatic heterocycles. The van der Waals surface area contributed by atoms with E-state index in [4.69, 9.17) is 19.9 Å². The van der Waals surface area contributed by atoms with Crippen molar-refractivity contribution in [1.82, 2.24) is 24.5 Å². The summed E-state index contributed by atoms with van der Waals surface area (Å²) in [6.07, 6.45) is 6.23. The lowest BCUT2D eigenvalue weighted by molar-refractivity contribution is 1.07. The maximum Gasteiger partial charge on any atom is 0.164 e. The Bertz CT molecular complexity index is 2740. The molecule has 5 nitrogen and oxygen atoms in total. The number of hydrogen-bond acceptors (Lipinski definition) is 5. The maximum atomic E-state index is 5.16. The normalized spacial score (nSPS) is 11.5. The second kappa shape index (κ2) is 13.8. The van der Waals surface area contributed by atoms with Crippen LogP contribution in [0.3, 0.4) is 0 Å². The molecule has 9 aromatic rings. The third-order valence-electron chi connectivity index (χ3n) is 9.37. The SMILES string of the molecule is C=Cc1c(/C=C\C)c2cc(-c3ccccc3)ccc2n1-c1cccc(-c2nc3cc(-c4nc(-c5ccccc5)nc(-c5ccccc5)n4)ccc3s2)c1. The first-order valence-electron chi connectivity index (χ1n) is 17.5. The van der Waals surface area contributed by atoms with Gasteiger partial charge in [0.05, 0.1) is 21.4 Å². The molecule has 0 saturated heterocycles. The van der Waals surface area contributed by atoms with Gasteiger partial charge in [0, 0.05) is 38.9 Å². The van der Waals surface area contributed by atoms with Gasteiger partial charge in [0.1, 0.15) is 5.01 Å². The molecule has 0 unspecified atom stereocenters. The molecule has 252 valence electrons. The lowest BCUT2D eigenvalue weighted by atomic mass is 10.0. The number of fused-ring (bicyclic) bond motifs is 2. The van der Waals surface area contributed by atoms with Gasteiger partial charge in [-0.25, -0.2) is 19.9 Å². The van der Waals surface area contributed by atoms with Crippen LogP contribution in [0, 0.1) is 0 Å². The third-order valence-corrected chi connectivity index (χ3v) is 10.5. The number of allylic oxidation sites excluding steroid dienone is 1. The van der Waals surface area contributed by atoms with Crippen LogP contribution < -0.4 is 0 Å². The number of nitrogens with zero attached hydrogens (tertiary/aromatic N) is 5. The fraction of sp³-hybridized carbons (Fsp3) is 0.0213. The highest BCUT2D eigenvalue weighted by Gasteiger charge is 2.18. The summed E-state index contributed by atoms with van der Waals surface area (Å²) in [5.41, 5.74) is 11.5. The van der Waals surface area contributed by atoms with Crippen molar-refractivity contribution in [2.75, 3.05) is 0 Å². The molecule has 0 fully saturated rings. The van der Waals surface area contributed by atoms with Crippen LogP contribution in [0.25, 0.3) is 94.8 Å². The molecule has 3 heterocycles. The molecule has 0 saturated carbocycles. The lowest BCUT2D eigenvalue weighted by Gasteiger charge is -2.11. The monoisotopic (exact) mass is 699 g/mol. The molecule has 9 rings (SSSR count). The van der Waals surface area contributed by atoms with Gasteiger partial charge in [0.15, 0.2) is 17.5 Å². The molecule has 53 heavy (non-hydrogen) atoms. The molecule has 0 aliphatic carbocycles. The molecule has 6 aromatic carbocycles. The Hall–Kier alpha value is -6.76. The van der Waals surface area contributed by atoms with Crippen molar-refractivity contribution >= 4 is 44.6 Å². The fourth-order valence-corrected chi connectivity index (χ4v) is 7.81. The van der Waals surface area contributed by atoms with E-state index < -0.39 is 0 Å². The second-order valence-electron chi connectivity index (χ2n) is 12.7. The molecule has 0 radical (unpaired) electrons. The Balaban J connectivity index is 1.12. The van der Waals surface area contributed by atoms with Crippen molar-refractivity contribution in [2.24, 2.45) is 0 Å². The first kappa shape index (κ1) is 32.2. The Labute approximate surface area is 312 Å². The molecule has 3 aromatic heterocycles. The number of thiazole rings is 1. The van der Waals surface area contributed by atoms with Crippen LogP contribution in [-0.2, 0) is 0 Å². The van der Waals surface area contributed by atoms with Crippen LogP contribution in [0.1, 0.15) is 18.2 Å². The topological polar surface area (TPSA) is 56.5 Å². The first-order valence-corrected chi connectivity index (χ1v) is 18.4. The number of rotatable bonds is 8. The zero-order valence-electron chi connectivity index (χ0n) is 29.0. The van der Waals surface area contributed by atoms with Crippen molar-refractivity contribution in [3.05, 3.63) is 176 Å². The lowest BCUT2D eigenvalue weighted by Crippen LogP contribution is -2.00. The van der Waals surface area contributed by atoms with Gasteiger partial charge >= 0.3 is 0 Å². The molecule has 0 atom stereocenters. The van der Waals surface area contributed by atoms with E-state index in [2.05, 4.69) is 121 Å². The van der Waals surface area contributed by atoms with Crippen molar-refractivity contribution in [1.29, 1.82) is 0 Å². The highest BCUT2D eigenvalue weighted by molar-refractivity contribution is 7.21. The van der Waals surface area contributed by atoms with E-state index in [0.29, 0.717) is 17.5 Å². The van der Waals surface area contributed by atoms with E-state index in [1.807, 2.05) is 66.7 Å². The molecular weight excluding hydrogens is 667 g/mol. The number of aromatic nitrogens is 5. The third kappa shape index (κ3) is 6.05. The number of benzene rings is 6. The average molecular weight is 700 g/mol. The van der Waals surface area contributed by atoms with E-state index >= 15 is 0 Å². The summed E-state index contributed by atoms with van der Waals surface area (Å²) in [7, 11) is 0. The van der Waals surface area contributed by atoms with Crippen molar-refractivity contribution in [2.45, 2.75) is 6.92 Å². The van der Waals surface area contributed by atoms with Gasteiger partial charge < -0.3 is 4.57 Å². The summed E-state index contributed by atoms with van der Waals surface area (Å²) in [5.74, 6) is 1.88. The Morgan fingerprint density at radius 2 is 1.15 bits per heavy atom. The van der Waals surface area contributed by atoms with Gasteiger partial charge in [-0.1, -0.05) is 128 Å². The van der Waals surface area contributed by atoms with Gasteiger partial charge in [0.2, 0.25) is 0 Å². The van der Waals surface area contributed by atoms with Crippen LogP contribution >= 0.6 is 11.3 Å². The standard InChI is InChI=1S/C47H33N5S/c1-3-15-38-39-29-34(31-16-8-5-9-17-31)24-26-42(39)52(41(38)4-2)37-23-14-22-36(28-37)47-48-40-30-35(25-27-43(40)53-47)46-50-44(32-18-10-6-11-19-32)49-45(51-46)33-20-12-7-13-21-33/h3-30H,2H2,1H3/b15-3-. The Morgan fingerprint density at radius 3 is 1.79 bits per heavy atom. The van der Waals surface area contributed by atoms with E-state index in [0.717, 1.165) is 59.9 Å². The molecule has 6 heteroatoms. The summed E-state index contributed by atoms with van der Waals surface area (Å²) in [6, 6.07) is 52.2. The van der Waals surface area contributed by atoms with Crippen LogP contribution in [-0.4, -0.2) is 24.5 Å². The molecule has 0 amide bonds. The zero-order valence-corrected chi connectivity index (χ0v) is 29.8. The fourth-order valence-electron chi connectivity index (χ4n) is 6.87. The predicted molar refractivity (Wildman–Crippen MR) is 222 cm³/mol. The second-order valence-corrected chi connectivity index (χ2v) is 13.8. The van der Waals surface area contributed by atoms with Crippen LogP contribution in [0.15, 0.2) is 164 Å². The van der Waals surface area contributed by atoms with E-state index in [9.17, 15) is 0 Å².